The van der Waals surface area contributed by atoms with Gasteiger partial charge in [-0.05, 0) is 18.3 Å². The smallest absolute Gasteiger partial charge is 0.233 e. The summed E-state index contributed by atoms with van der Waals surface area (Å²) >= 11 is 0. The van der Waals surface area contributed by atoms with Crippen molar-refractivity contribution in [3.05, 3.63) is 0 Å². The van der Waals surface area contributed by atoms with Gasteiger partial charge < -0.3 is 0 Å². The second kappa shape index (κ2) is 6.89. The van der Waals surface area contributed by atoms with Crippen molar-refractivity contribution in [2.24, 2.45) is 17.7 Å². The molecule has 1 unspecified atom stereocenters. The van der Waals surface area contributed by atoms with Crippen molar-refractivity contribution in [1.29, 1.82) is 0 Å². The summed E-state index contributed by atoms with van der Waals surface area (Å²) < 4.78 is 0. The lowest BCUT2D eigenvalue weighted by atomic mass is 9.95. The Labute approximate surface area is 81.0 Å². The third-order valence-electron chi connectivity index (χ3n) is 2.26. The summed E-state index contributed by atoms with van der Waals surface area (Å²) in [6.07, 6.45) is 3.94. The maximum Gasteiger partial charge on any atom is 0.233 e. The summed E-state index contributed by atoms with van der Waals surface area (Å²) in [6.45, 7) is 6.63. The number of rotatable bonds is 6. The molecule has 0 aromatic rings. The van der Waals surface area contributed by atoms with Gasteiger partial charge in [-0.15, -0.1) is 0 Å². The van der Waals surface area contributed by atoms with Gasteiger partial charge in [-0.25, -0.2) is 5.84 Å². The van der Waals surface area contributed by atoms with E-state index in [1.54, 1.807) is 0 Å². The van der Waals surface area contributed by atoms with Crippen LogP contribution in [0.15, 0.2) is 0 Å². The van der Waals surface area contributed by atoms with E-state index in [2.05, 4.69) is 26.2 Å². The molecule has 0 aromatic carbocycles. The summed E-state index contributed by atoms with van der Waals surface area (Å²) in [5.74, 6) is 6.30. The van der Waals surface area contributed by atoms with Crippen LogP contribution >= 0.6 is 0 Å². The third kappa shape index (κ3) is 7.78. The van der Waals surface area contributed by atoms with Crippen LogP contribution in [-0.4, -0.2) is 5.91 Å². The summed E-state index contributed by atoms with van der Waals surface area (Å²) in [4.78, 5) is 10.8. The maximum atomic E-state index is 10.8. The summed E-state index contributed by atoms with van der Waals surface area (Å²) in [7, 11) is 0. The van der Waals surface area contributed by atoms with Gasteiger partial charge in [0.1, 0.15) is 0 Å². The van der Waals surface area contributed by atoms with E-state index >= 15 is 0 Å². The molecule has 0 saturated carbocycles. The van der Waals surface area contributed by atoms with Crippen LogP contribution in [0.25, 0.3) is 0 Å². The van der Waals surface area contributed by atoms with E-state index < -0.39 is 0 Å². The molecule has 0 aliphatic rings. The van der Waals surface area contributed by atoms with Crippen LogP contribution in [0.5, 0.6) is 0 Å². The van der Waals surface area contributed by atoms with Crippen molar-refractivity contribution in [3.8, 4) is 0 Å². The van der Waals surface area contributed by atoms with Crippen molar-refractivity contribution in [2.45, 2.75) is 46.5 Å². The number of amides is 1. The van der Waals surface area contributed by atoms with Crippen molar-refractivity contribution >= 4 is 5.91 Å². The van der Waals surface area contributed by atoms with Crippen LogP contribution in [0.1, 0.15) is 46.5 Å². The highest BCUT2D eigenvalue weighted by Gasteiger charge is 2.06. The van der Waals surface area contributed by atoms with Gasteiger partial charge in [-0.3, -0.25) is 10.2 Å². The molecule has 0 saturated heterocycles. The molecule has 3 heteroatoms. The van der Waals surface area contributed by atoms with Crippen molar-refractivity contribution in [2.75, 3.05) is 0 Å². The van der Waals surface area contributed by atoms with Gasteiger partial charge in [-0.2, -0.15) is 0 Å². The fraction of sp³-hybridized carbons (Fsp3) is 0.900. The number of carbonyl (C=O) groups is 1. The van der Waals surface area contributed by atoms with Gasteiger partial charge in [0.2, 0.25) is 5.91 Å². The van der Waals surface area contributed by atoms with E-state index in [-0.39, 0.29) is 5.91 Å². The number of hydrazine groups is 1. The van der Waals surface area contributed by atoms with E-state index in [1.807, 2.05) is 0 Å². The summed E-state index contributed by atoms with van der Waals surface area (Å²) in [6, 6.07) is 0. The second-order valence-electron chi connectivity index (χ2n) is 4.18. The Morgan fingerprint density at radius 3 is 2.31 bits per heavy atom. The van der Waals surface area contributed by atoms with Gasteiger partial charge in [0.05, 0.1) is 0 Å². The number of hydrogen-bond donors (Lipinski definition) is 2. The van der Waals surface area contributed by atoms with Crippen molar-refractivity contribution in [1.82, 2.24) is 5.43 Å². The lowest BCUT2D eigenvalue weighted by Crippen LogP contribution is -2.30. The van der Waals surface area contributed by atoms with Gasteiger partial charge in [0.25, 0.3) is 0 Å². The zero-order chi connectivity index (χ0) is 10.3. The molecule has 0 aromatic heterocycles. The van der Waals surface area contributed by atoms with Crippen LogP contribution in [0.3, 0.4) is 0 Å². The standard InChI is InChI=1S/C10H22N2O/c1-8(2)4-5-9(3)6-7-10(13)12-11/h8-9H,4-7,11H2,1-3H3,(H,12,13). The predicted octanol–water partition coefficient (Wildman–Crippen LogP) is 1.83. The number of nitrogens with two attached hydrogens (primary N) is 1. The maximum absolute atomic E-state index is 10.8. The lowest BCUT2D eigenvalue weighted by Gasteiger charge is -2.11. The molecule has 0 aliphatic heterocycles. The predicted molar refractivity (Wildman–Crippen MR) is 54.8 cm³/mol. The average molecular weight is 186 g/mol. The molecule has 0 rings (SSSR count). The molecule has 0 spiro atoms. The van der Waals surface area contributed by atoms with Crippen LogP contribution in [0.4, 0.5) is 0 Å². The Bertz CT molecular complexity index is 146. The van der Waals surface area contributed by atoms with Gasteiger partial charge >= 0.3 is 0 Å². The van der Waals surface area contributed by atoms with E-state index in [0.29, 0.717) is 12.3 Å². The van der Waals surface area contributed by atoms with Crippen LogP contribution < -0.4 is 11.3 Å². The Morgan fingerprint density at radius 1 is 1.23 bits per heavy atom. The van der Waals surface area contributed by atoms with E-state index in [0.717, 1.165) is 12.3 Å². The Hall–Kier alpha value is -0.570. The van der Waals surface area contributed by atoms with Crippen LogP contribution in [0, 0.1) is 11.8 Å². The third-order valence-corrected chi connectivity index (χ3v) is 2.26. The number of nitrogens with one attached hydrogen (secondary N) is 1. The summed E-state index contributed by atoms with van der Waals surface area (Å²) in [5, 5.41) is 0. The molecule has 0 aliphatic carbocycles. The average Bonchev–Trinajstić information content (AvgIpc) is 2.10. The molecule has 0 fully saturated rings. The molecule has 78 valence electrons. The zero-order valence-electron chi connectivity index (χ0n) is 8.97. The molecule has 13 heavy (non-hydrogen) atoms. The first-order chi connectivity index (χ1) is 6.06. The first kappa shape index (κ1) is 12.4. The van der Waals surface area contributed by atoms with Gasteiger partial charge in [0, 0.05) is 6.42 Å². The largest absolute Gasteiger partial charge is 0.294 e. The van der Waals surface area contributed by atoms with Gasteiger partial charge in [-0.1, -0.05) is 33.6 Å². The van der Waals surface area contributed by atoms with Gasteiger partial charge in [0.15, 0.2) is 0 Å². The highest BCUT2D eigenvalue weighted by atomic mass is 16.2. The Balaban J connectivity index is 3.40. The molecular weight excluding hydrogens is 164 g/mol. The second-order valence-corrected chi connectivity index (χ2v) is 4.18. The first-order valence-corrected chi connectivity index (χ1v) is 5.05. The molecule has 0 radical (unpaired) electrons. The minimum absolute atomic E-state index is 0.0589. The topological polar surface area (TPSA) is 55.1 Å². The first-order valence-electron chi connectivity index (χ1n) is 5.05. The molecule has 1 atom stereocenters. The minimum atomic E-state index is -0.0589. The van der Waals surface area contributed by atoms with E-state index in [9.17, 15) is 4.79 Å². The number of hydrogen-bond acceptors (Lipinski definition) is 2. The van der Waals surface area contributed by atoms with E-state index in [4.69, 9.17) is 5.84 Å². The highest BCUT2D eigenvalue weighted by molar-refractivity contribution is 5.75. The minimum Gasteiger partial charge on any atom is -0.294 e. The molecule has 3 N–H and O–H groups in total. The fourth-order valence-corrected chi connectivity index (χ4v) is 1.21. The highest BCUT2D eigenvalue weighted by Crippen LogP contribution is 2.15. The summed E-state index contributed by atoms with van der Waals surface area (Å²) in [5.41, 5.74) is 2.15. The Kier molecular flexibility index (Phi) is 6.59. The SMILES string of the molecule is CC(C)CCC(C)CCC(=O)NN. The lowest BCUT2D eigenvalue weighted by molar-refractivity contribution is -0.121. The molecule has 1 amide bonds. The van der Waals surface area contributed by atoms with Crippen LogP contribution in [-0.2, 0) is 4.79 Å². The normalized spacial score (nSPS) is 13.0. The molecule has 0 bridgehead atoms. The molecule has 3 nitrogen and oxygen atoms in total. The van der Waals surface area contributed by atoms with Crippen molar-refractivity contribution < 1.29 is 4.79 Å². The fourth-order valence-electron chi connectivity index (χ4n) is 1.21. The zero-order valence-corrected chi connectivity index (χ0v) is 8.97. The Morgan fingerprint density at radius 2 is 1.85 bits per heavy atom. The van der Waals surface area contributed by atoms with Crippen molar-refractivity contribution in [3.63, 3.8) is 0 Å². The molecular formula is C10H22N2O. The monoisotopic (exact) mass is 186 g/mol. The van der Waals surface area contributed by atoms with E-state index in [1.165, 1.54) is 12.8 Å². The van der Waals surface area contributed by atoms with Crippen LogP contribution in [0.2, 0.25) is 0 Å². The quantitative estimate of drug-likeness (QED) is 0.378. The number of carbonyl (C=O) groups excluding carboxylic acids is 1. The molecule has 0 heterocycles.